The van der Waals surface area contributed by atoms with Gasteiger partial charge >= 0.3 is 11.9 Å². The molecular formula is C12H14N2O7. The zero-order valence-corrected chi connectivity index (χ0v) is 11.2. The van der Waals surface area contributed by atoms with E-state index in [0.717, 1.165) is 6.07 Å². The number of carbonyl (C=O) groups is 2. The molecule has 114 valence electrons. The summed E-state index contributed by atoms with van der Waals surface area (Å²) in [6.45, 7) is -0.607. The van der Waals surface area contributed by atoms with Crippen LogP contribution in [0.15, 0.2) is 18.2 Å². The smallest absolute Gasteiger partial charge is 0.323 e. The Morgan fingerprint density at radius 3 is 2.48 bits per heavy atom. The van der Waals surface area contributed by atoms with Gasteiger partial charge in [-0.05, 0) is 6.07 Å². The number of carboxylic acid groups (broad SMARTS) is 2. The van der Waals surface area contributed by atoms with Crippen LogP contribution >= 0.6 is 0 Å². The number of aliphatic carboxylic acids is 2. The van der Waals surface area contributed by atoms with Gasteiger partial charge in [-0.15, -0.1) is 0 Å². The number of hydrogen-bond acceptors (Lipinski definition) is 6. The lowest BCUT2D eigenvalue weighted by molar-refractivity contribution is -0.384. The molecule has 0 unspecified atom stereocenters. The normalized spacial score (nSPS) is 9.95. The monoisotopic (exact) mass is 298 g/mol. The highest BCUT2D eigenvalue weighted by Gasteiger charge is 2.19. The van der Waals surface area contributed by atoms with Gasteiger partial charge < -0.3 is 19.8 Å². The van der Waals surface area contributed by atoms with Crippen LogP contribution in [0, 0.1) is 10.1 Å². The van der Waals surface area contributed by atoms with E-state index in [-0.39, 0.29) is 30.1 Å². The second-order valence-corrected chi connectivity index (χ2v) is 4.07. The largest absolute Gasteiger partial charge is 0.495 e. The highest BCUT2D eigenvalue weighted by atomic mass is 16.6. The first-order valence-electron chi connectivity index (χ1n) is 5.86. The number of hydrogen-bond donors (Lipinski definition) is 2. The molecule has 9 heteroatoms. The van der Waals surface area contributed by atoms with Gasteiger partial charge in [-0.3, -0.25) is 19.7 Å². The molecule has 0 bridgehead atoms. The van der Waals surface area contributed by atoms with Crippen molar-refractivity contribution in [2.45, 2.75) is 6.42 Å². The Balaban J connectivity index is 3.18. The summed E-state index contributed by atoms with van der Waals surface area (Å²) < 4.78 is 5.04. The van der Waals surface area contributed by atoms with Crippen molar-refractivity contribution in [2.24, 2.45) is 0 Å². The van der Waals surface area contributed by atoms with Crippen LogP contribution in [-0.4, -0.2) is 47.3 Å². The molecule has 0 aliphatic carbocycles. The highest BCUT2D eigenvalue weighted by molar-refractivity contribution is 5.77. The van der Waals surface area contributed by atoms with Crippen LogP contribution in [0.25, 0.3) is 0 Å². The van der Waals surface area contributed by atoms with Crippen molar-refractivity contribution in [3.8, 4) is 5.75 Å². The standard InChI is InChI=1S/C12H14N2O7/c1-21-10-3-2-8(14(19)20)6-9(10)13(7-12(17)18)5-4-11(15)16/h2-3,6H,4-5,7H2,1H3,(H,15,16)(H,17,18). The van der Waals surface area contributed by atoms with Gasteiger partial charge in [0.1, 0.15) is 12.3 Å². The summed E-state index contributed by atoms with van der Waals surface area (Å²) >= 11 is 0. The molecule has 0 heterocycles. The zero-order valence-electron chi connectivity index (χ0n) is 11.2. The van der Waals surface area contributed by atoms with Gasteiger partial charge in [0, 0.05) is 18.7 Å². The van der Waals surface area contributed by atoms with E-state index < -0.39 is 23.4 Å². The molecule has 0 fully saturated rings. The van der Waals surface area contributed by atoms with Crippen molar-refractivity contribution in [3.05, 3.63) is 28.3 Å². The minimum atomic E-state index is -1.19. The second-order valence-electron chi connectivity index (χ2n) is 4.07. The molecule has 0 amide bonds. The minimum absolute atomic E-state index is 0.112. The van der Waals surface area contributed by atoms with Crippen molar-refractivity contribution in [1.29, 1.82) is 0 Å². The predicted octanol–water partition coefficient (Wildman–Crippen LogP) is 0.969. The van der Waals surface area contributed by atoms with Crippen LogP contribution in [0.3, 0.4) is 0 Å². The van der Waals surface area contributed by atoms with E-state index in [1.54, 1.807) is 0 Å². The zero-order chi connectivity index (χ0) is 16.0. The number of methoxy groups -OCH3 is 1. The molecule has 2 N–H and O–H groups in total. The summed E-state index contributed by atoms with van der Waals surface area (Å²) in [5, 5.41) is 28.4. The van der Waals surface area contributed by atoms with Gasteiger partial charge in [-0.25, -0.2) is 0 Å². The van der Waals surface area contributed by atoms with Crippen molar-refractivity contribution >= 4 is 23.3 Å². The summed E-state index contributed by atoms with van der Waals surface area (Å²) in [7, 11) is 1.33. The van der Waals surface area contributed by atoms with Gasteiger partial charge in [-0.1, -0.05) is 0 Å². The molecule has 1 aromatic carbocycles. The molecule has 0 atom stereocenters. The van der Waals surface area contributed by atoms with Crippen LogP contribution in [0.1, 0.15) is 6.42 Å². The first-order chi connectivity index (χ1) is 9.85. The predicted molar refractivity (Wildman–Crippen MR) is 71.8 cm³/mol. The van der Waals surface area contributed by atoms with E-state index in [0.29, 0.717) is 0 Å². The van der Waals surface area contributed by atoms with Gasteiger partial charge in [0.25, 0.3) is 5.69 Å². The number of rotatable bonds is 8. The maximum absolute atomic E-state index is 10.9. The van der Waals surface area contributed by atoms with E-state index in [1.165, 1.54) is 24.1 Å². The van der Waals surface area contributed by atoms with Gasteiger partial charge in [-0.2, -0.15) is 0 Å². The first-order valence-corrected chi connectivity index (χ1v) is 5.86. The molecular weight excluding hydrogens is 284 g/mol. The number of anilines is 1. The molecule has 21 heavy (non-hydrogen) atoms. The third-order valence-electron chi connectivity index (χ3n) is 2.64. The average molecular weight is 298 g/mol. The van der Waals surface area contributed by atoms with E-state index in [9.17, 15) is 19.7 Å². The Labute approximate surface area is 119 Å². The molecule has 9 nitrogen and oxygen atoms in total. The number of benzene rings is 1. The fourth-order valence-corrected chi connectivity index (χ4v) is 1.72. The fraction of sp³-hybridized carbons (Fsp3) is 0.333. The van der Waals surface area contributed by atoms with Gasteiger partial charge in [0.05, 0.1) is 24.1 Å². The van der Waals surface area contributed by atoms with Crippen molar-refractivity contribution < 1.29 is 29.5 Å². The van der Waals surface area contributed by atoms with Crippen LogP contribution < -0.4 is 9.64 Å². The highest BCUT2D eigenvalue weighted by Crippen LogP contribution is 2.32. The first kappa shape index (κ1) is 16.2. The van der Waals surface area contributed by atoms with E-state index in [1.807, 2.05) is 0 Å². The Morgan fingerprint density at radius 1 is 1.33 bits per heavy atom. The molecule has 0 aliphatic rings. The lowest BCUT2D eigenvalue weighted by Gasteiger charge is -2.23. The molecule has 1 rings (SSSR count). The molecule has 0 aliphatic heterocycles. The number of nitro groups is 1. The van der Waals surface area contributed by atoms with Crippen LogP contribution in [-0.2, 0) is 9.59 Å². The minimum Gasteiger partial charge on any atom is -0.495 e. The van der Waals surface area contributed by atoms with Crippen LogP contribution in [0.5, 0.6) is 5.75 Å². The van der Waals surface area contributed by atoms with E-state index in [4.69, 9.17) is 14.9 Å². The summed E-state index contributed by atoms with van der Waals surface area (Å²) in [5.74, 6) is -2.06. The molecule has 0 aromatic heterocycles. The van der Waals surface area contributed by atoms with Gasteiger partial charge in [0.2, 0.25) is 0 Å². The topological polar surface area (TPSA) is 130 Å². The Hall–Kier alpha value is -2.84. The SMILES string of the molecule is COc1ccc([N+](=O)[O-])cc1N(CCC(=O)O)CC(=O)O. The summed E-state index contributed by atoms with van der Waals surface area (Å²) in [6, 6.07) is 3.71. The maximum atomic E-state index is 10.9. The summed E-state index contributed by atoms with van der Waals surface area (Å²) in [6.07, 6.45) is -0.306. The molecule has 0 radical (unpaired) electrons. The van der Waals surface area contributed by atoms with Crippen molar-refractivity contribution in [2.75, 3.05) is 25.1 Å². The van der Waals surface area contributed by atoms with Crippen molar-refractivity contribution in [1.82, 2.24) is 0 Å². The quantitative estimate of drug-likeness (QED) is 0.536. The third kappa shape index (κ3) is 4.64. The molecule has 0 saturated heterocycles. The molecule has 0 saturated carbocycles. The summed E-state index contributed by atoms with van der Waals surface area (Å²) in [4.78, 5) is 32.9. The van der Waals surface area contributed by atoms with Gasteiger partial charge in [0.15, 0.2) is 0 Å². The van der Waals surface area contributed by atoms with Crippen LogP contribution in [0.2, 0.25) is 0 Å². The lowest BCUT2D eigenvalue weighted by atomic mass is 10.2. The Bertz CT molecular complexity index is 559. The number of non-ortho nitro benzene ring substituents is 1. The summed E-state index contributed by atoms with van der Waals surface area (Å²) in [5.41, 5.74) is -0.0770. The second kappa shape index (κ2) is 7.08. The lowest BCUT2D eigenvalue weighted by Crippen LogP contribution is -2.32. The fourth-order valence-electron chi connectivity index (χ4n) is 1.72. The third-order valence-corrected chi connectivity index (χ3v) is 2.64. The van der Waals surface area contributed by atoms with Crippen molar-refractivity contribution in [3.63, 3.8) is 0 Å². The van der Waals surface area contributed by atoms with E-state index >= 15 is 0 Å². The molecule has 1 aromatic rings. The number of carboxylic acids is 2. The number of ether oxygens (including phenoxy) is 1. The Kier molecular flexibility index (Phi) is 5.47. The molecule has 0 spiro atoms. The Morgan fingerprint density at radius 2 is 2.00 bits per heavy atom. The average Bonchev–Trinajstić information content (AvgIpc) is 2.42. The van der Waals surface area contributed by atoms with E-state index in [2.05, 4.69) is 0 Å². The van der Waals surface area contributed by atoms with Crippen LogP contribution in [0.4, 0.5) is 11.4 Å². The number of nitro benzene ring substituents is 1. The number of nitrogens with zero attached hydrogens (tertiary/aromatic N) is 2. The maximum Gasteiger partial charge on any atom is 0.323 e.